The number of hydrogen-bond donors (Lipinski definition) is 0. The number of methoxy groups -OCH3 is 1. The SMILES string of the molecule is COC1CCCN(C(=O)CC2CN(C(=O)C3CC(C)C3)CCS2(=O)=O)C1. The number of sulfone groups is 1. The molecule has 1 aliphatic carbocycles. The Hall–Kier alpha value is -1.15. The van der Waals surface area contributed by atoms with Gasteiger partial charge in [-0.05, 0) is 31.6 Å². The summed E-state index contributed by atoms with van der Waals surface area (Å²) in [6, 6.07) is 0. The van der Waals surface area contributed by atoms with Crippen LogP contribution in [0.2, 0.25) is 0 Å². The molecular weight excluding hydrogens is 356 g/mol. The van der Waals surface area contributed by atoms with Crippen LogP contribution in [0.3, 0.4) is 0 Å². The number of ether oxygens (including phenoxy) is 1. The summed E-state index contributed by atoms with van der Waals surface area (Å²) in [6.07, 6.45) is 3.55. The van der Waals surface area contributed by atoms with E-state index in [0.29, 0.717) is 19.0 Å². The summed E-state index contributed by atoms with van der Waals surface area (Å²) in [5, 5.41) is -0.784. The van der Waals surface area contributed by atoms with Crippen LogP contribution in [0.15, 0.2) is 0 Å². The number of carbonyl (C=O) groups is 2. The second kappa shape index (κ2) is 7.84. The van der Waals surface area contributed by atoms with Crippen molar-refractivity contribution < 1.29 is 22.7 Å². The van der Waals surface area contributed by atoms with Gasteiger partial charge < -0.3 is 14.5 Å². The highest BCUT2D eigenvalue weighted by molar-refractivity contribution is 7.92. The lowest BCUT2D eigenvalue weighted by Crippen LogP contribution is -2.54. The molecule has 0 aromatic rings. The van der Waals surface area contributed by atoms with E-state index in [0.717, 1.165) is 25.7 Å². The molecule has 3 rings (SSSR count). The van der Waals surface area contributed by atoms with Crippen molar-refractivity contribution >= 4 is 21.7 Å². The second-order valence-corrected chi connectivity index (χ2v) is 10.5. The normalized spacial score (nSPS) is 34.2. The molecule has 3 fully saturated rings. The predicted molar refractivity (Wildman–Crippen MR) is 97.3 cm³/mol. The molecule has 0 spiro atoms. The van der Waals surface area contributed by atoms with Gasteiger partial charge in [0.25, 0.3) is 0 Å². The molecule has 2 saturated heterocycles. The Morgan fingerprint density at radius 3 is 2.50 bits per heavy atom. The molecule has 2 heterocycles. The highest BCUT2D eigenvalue weighted by Crippen LogP contribution is 2.35. The Kier molecular flexibility index (Phi) is 5.91. The average molecular weight is 387 g/mol. The van der Waals surface area contributed by atoms with E-state index in [2.05, 4.69) is 6.92 Å². The number of hydrogen-bond acceptors (Lipinski definition) is 5. The standard InChI is InChI=1S/C18H30N2O5S/c1-13-8-14(9-13)18(22)20-6-7-26(23,24)16(12-20)10-17(21)19-5-3-4-15(11-19)25-2/h13-16H,3-12H2,1-2H3. The van der Waals surface area contributed by atoms with Crippen molar-refractivity contribution in [3.63, 3.8) is 0 Å². The largest absolute Gasteiger partial charge is 0.380 e. The molecule has 26 heavy (non-hydrogen) atoms. The molecule has 2 amide bonds. The van der Waals surface area contributed by atoms with Crippen molar-refractivity contribution in [2.75, 3.05) is 39.0 Å². The first-order valence-corrected chi connectivity index (χ1v) is 11.3. The maximum Gasteiger partial charge on any atom is 0.225 e. The van der Waals surface area contributed by atoms with Crippen LogP contribution >= 0.6 is 0 Å². The summed E-state index contributed by atoms with van der Waals surface area (Å²) < 4.78 is 30.3. The van der Waals surface area contributed by atoms with E-state index in [4.69, 9.17) is 4.74 Å². The summed E-state index contributed by atoms with van der Waals surface area (Å²) in [5.74, 6) is 0.480. The quantitative estimate of drug-likeness (QED) is 0.710. The highest BCUT2D eigenvalue weighted by atomic mass is 32.2. The molecule has 7 nitrogen and oxygen atoms in total. The number of carbonyl (C=O) groups excluding carboxylic acids is 2. The van der Waals surface area contributed by atoms with Crippen molar-refractivity contribution in [2.24, 2.45) is 11.8 Å². The van der Waals surface area contributed by atoms with Crippen molar-refractivity contribution in [1.29, 1.82) is 0 Å². The third kappa shape index (κ3) is 4.22. The van der Waals surface area contributed by atoms with Crippen LogP contribution in [0.4, 0.5) is 0 Å². The second-order valence-electron chi connectivity index (χ2n) is 8.09. The van der Waals surface area contributed by atoms with Gasteiger partial charge in [0, 0.05) is 45.6 Å². The third-order valence-electron chi connectivity index (χ3n) is 6.08. The Morgan fingerprint density at radius 2 is 1.85 bits per heavy atom. The molecule has 0 N–H and O–H groups in total. The average Bonchev–Trinajstić information content (AvgIpc) is 2.60. The minimum Gasteiger partial charge on any atom is -0.380 e. The Balaban J connectivity index is 1.61. The molecule has 3 aliphatic rings. The van der Waals surface area contributed by atoms with Crippen molar-refractivity contribution in [3.8, 4) is 0 Å². The summed E-state index contributed by atoms with van der Waals surface area (Å²) >= 11 is 0. The minimum atomic E-state index is -3.34. The van der Waals surface area contributed by atoms with E-state index in [9.17, 15) is 18.0 Å². The van der Waals surface area contributed by atoms with Crippen molar-refractivity contribution in [1.82, 2.24) is 9.80 Å². The molecule has 2 atom stereocenters. The number of piperidine rings is 1. The van der Waals surface area contributed by atoms with E-state index >= 15 is 0 Å². The maximum absolute atomic E-state index is 12.6. The predicted octanol–water partition coefficient (Wildman–Crippen LogP) is 0.686. The van der Waals surface area contributed by atoms with Gasteiger partial charge in [-0.3, -0.25) is 9.59 Å². The lowest BCUT2D eigenvalue weighted by atomic mass is 9.75. The van der Waals surface area contributed by atoms with Crippen molar-refractivity contribution in [3.05, 3.63) is 0 Å². The zero-order valence-corrected chi connectivity index (χ0v) is 16.5. The monoisotopic (exact) mass is 386 g/mol. The molecule has 0 aromatic carbocycles. The van der Waals surface area contributed by atoms with Gasteiger partial charge in [0.1, 0.15) is 0 Å². The van der Waals surface area contributed by atoms with Crippen molar-refractivity contribution in [2.45, 2.75) is 50.4 Å². The van der Waals surface area contributed by atoms with E-state index in [1.165, 1.54) is 0 Å². The zero-order chi connectivity index (χ0) is 18.9. The fraction of sp³-hybridized carbons (Fsp3) is 0.889. The fourth-order valence-corrected chi connectivity index (χ4v) is 5.90. The van der Waals surface area contributed by atoms with Gasteiger partial charge in [0.05, 0.1) is 17.1 Å². The van der Waals surface area contributed by atoms with E-state index in [1.807, 2.05) is 0 Å². The van der Waals surface area contributed by atoms with Gasteiger partial charge in [0.15, 0.2) is 9.84 Å². The molecule has 8 heteroatoms. The van der Waals surface area contributed by atoms with Gasteiger partial charge in [-0.15, -0.1) is 0 Å². The lowest BCUT2D eigenvalue weighted by Gasteiger charge is -2.39. The summed E-state index contributed by atoms with van der Waals surface area (Å²) in [6.45, 7) is 3.70. The summed E-state index contributed by atoms with van der Waals surface area (Å²) in [7, 11) is -1.71. The first-order chi connectivity index (χ1) is 12.3. The van der Waals surface area contributed by atoms with Crippen LogP contribution in [0.25, 0.3) is 0 Å². The molecule has 148 valence electrons. The van der Waals surface area contributed by atoms with Gasteiger partial charge >= 0.3 is 0 Å². The first-order valence-electron chi connectivity index (χ1n) is 9.61. The Labute approximate surface area is 156 Å². The summed E-state index contributed by atoms with van der Waals surface area (Å²) in [5.41, 5.74) is 0. The van der Waals surface area contributed by atoms with E-state index < -0.39 is 15.1 Å². The minimum absolute atomic E-state index is 0.0225. The fourth-order valence-electron chi connectivity index (χ4n) is 4.29. The number of rotatable bonds is 4. The molecule has 2 unspecified atom stereocenters. The third-order valence-corrected chi connectivity index (χ3v) is 8.16. The van der Waals surface area contributed by atoms with Crippen LogP contribution in [0, 0.1) is 11.8 Å². The van der Waals surface area contributed by atoms with Crippen LogP contribution in [0.5, 0.6) is 0 Å². The van der Waals surface area contributed by atoms with Gasteiger partial charge in [-0.25, -0.2) is 8.42 Å². The molecule has 0 bridgehead atoms. The van der Waals surface area contributed by atoms with Gasteiger partial charge in [-0.1, -0.05) is 6.92 Å². The van der Waals surface area contributed by atoms with Gasteiger partial charge in [-0.2, -0.15) is 0 Å². The highest BCUT2D eigenvalue weighted by Gasteiger charge is 2.41. The Bertz CT molecular complexity index is 644. The summed E-state index contributed by atoms with van der Waals surface area (Å²) in [4.78, 5) is 28.6. The zero-order valence-electron chi connectivity index (χ0n) is 15.7. The van der Waals surface area contributed by atoms with Crippen LogP contribution in [-0.4, -0.2) is 80.4 Å². The molecule has 0 radical (unpaired) electrons. The number of likely N-dealkylation sites (tertiary alicyclic amines) is 1. The molecule has 0 aromatic heterocycles. The number of amides is 2. The smallest absolute Gasteiger partial charge is 0.225 e. The van der Waals surface area contributed by atoms with Crippen LogP contribution < -0.4 is 0 Å². The molecular formula is C18H30N2O5S. The molecule has 2 aliphatic heterocycles. The van der Waals surface area contributed by atoms with Crippen LogP contribution in [0.1, 0.15) is 39.0 Å². The Morgan fingerprint density at radius 1 is 1.12 bits per heavy atom. The maximum atomic E-state index is 12.6. The van der Waals surface area contributed by atoms with E-state index in [-0.39, 0.29) is 49.1 Å². The first kappa shape index (κ1) is 19.6. The lowest BCUT2D eigenvalue weighted by molar-refractivity contribution is -0.140. The van der Waals surface area contributed by atoms with Gasteiger partial charge in [0.2, 0.25) is 11.8 Å². The van der Waals surface area contributed by atoms with E-state index in [1.54, 1.807) is 16.9 Å². The molecule has 1 saturated carbocycles. The number of nitrogens with zero attached hydrogens (tertiary/aromatic N) is 2. The topological polar surface area (TPSA) is 84.0 Å². The van der Waals surface area contributed by atoms with Crippen LogP contribution in [-0.2, 0) is 24.2 Å².